The second kappa shape index (κ2) is 5.50. The van der Waals surface area contributed by atoms with Gasteiger partial charge in [0.1, 0.15) is 0 Å². The normalized spacial score (nSPS) is 10.7. The Morgan fingerprint density at radius 3 is 2.94 bits per heavy atom. The predicted molar refractivity (Wildman–Crippen MR) is 73.5 cm³/mol. The molecule has 1 N–H and O–H groups in total. The van der Waals surface area contributed by atoms with Crippen molar-refractivity contribution >= 4 is 34.1 Å². The summed E-state index contributed by atoms with van der Waals surface area (Å²) >= 11 is 11.8. The predicted octanol–water partition coefficient (Wildman–Crippen LogP) is 3.73. The Labute approximate surface area is 110 Å². The molecule has 2 rings (SSSR count). The minimum absolute atomic E-state index is 0.582. The van der Waals surface area contributed by atoms with Crippen LogP contribution in [0.15, 0.2) is 42.1 Å². The molecule has 0 fully saturated rings. The summed E-state index contributed by atoms with van der Waals surface area (Å²) in [6, 6.07) is 7.71. The van der Waals surface area contributed by atoms with Crippen LogP contribution in [-0.4, -0.2) is 11.5 Å². The van der Waals surface area contributed by atoms with Gasteiger partial charge in [0.15, 0.2) is 0 Å². The molecule has 88 valence electrons. The number of aromatic nitrogens is 1. The molecule has 0 unspecified atom stereocenters. The van der Waals surface area contributed by atoms with Crippen molar-refractivity contribution in [1.29, 1.82) is 0 Å². The highest BCUT2D eigenvalue weighted by molar-refractivity contribution is 6.35. The van der Waals surface area contributed by atoms with Gasteiger partial charge in [0.25, 0.3) is 0 Å². The van der Waals surface area contributed by atoms with Crippen LogP contribution in [0.25, 0.3) is 10.9 Å². The van der Waals surface area contributed by atoms with Crippen LogP contribution in [0.3, 0.4) is 0 Å². The lowest BCUT2D eigenvalue weighted by molar-refractivity contribution is 0.758. The van der Waals surface area contributed by atoms with E-state index in [-0.39, 0.29) is 0 Å². The molecule has 0 radical (unpaired) electrons. The van der Waals surface area contributed by atoms with Crippen molar-refractivity contribution < 1.29 is 0 Å². The van der Waals surface area contributed by atoms with Crippen LogP contribution in [-0.2, 0) is 6.54 Å². The van der Waals surface area contributed by atoms with Gasteiger partial charge in [-0.05, 0) is 23.8 Å². The zero-order chi connectivity index (χ0) is 12.3. The van der Waals surface area contributed by atoms with Crippen molar-refractivity contribution in [2.75, 3.05) is 6.54 Å². The Morgan fingerprint density at radius 2 is 2.18 bits per heavy atom. The lowest BCUT2D eigenvalue weighted by Crippen LogP contribution is -2.14. The first-order valence-corrected chi connectivity index (χ1v) is 6.00. The molecule has 1 aromatic heterocycles. The van der Waals surface area contributed by atoms with E-state index in [1.807, 2.05) is 24.3 Å². The SMILES string of the molecule is C=C(Cl)CNCc1ccc(Cl)c2cccnc12. The van der Waals surface area contributed by atoms with Crippen LogP contribution in [0, 0.1) is 0 Å². The Balaban J connectivity index is 2.28. The molecule has 0 amide bonds. The van der Waals surface area contributed by atoms with E-state index in [0.29, 0.717) is 18.1 Å². The minimum atomic E-state index is 0.582. The van der Waals surface area contributed by atoms with Crippen molar-refractivity contribution in [2.24, 2.45) is 0 Å². The second-order valence-corrected chi connectivity index (χ2v) is 4.67. The fraction of sp³-hybridized carbons (Fsp3) is 0.154. The molecule has 1 aromatic carbocycles. The Kier molecular flexibility index (Phi) is 4.00. The van der Waals surface area contributed by atoms with E-state index in [1.165, 1.54) is 0 Å². The highest BCUT2D eigenvalue weighted by atomic mass is 35.5. The van der Waals surface area contributed by atoms with Crippen molar-refractivity contribution in [1.82, 2.24) is 10.3 Å². The molecule has 0 saturated heterocycles. The van der Waals surface area contributed by atoms with Gasteiger partial charge < -0.3 is 5.32 Å². The lowest BCUT2D eigenvalue weighted by Gasteiger charge is -2.08. The van der Waals surface area contributed by atoms with Crippen molar-refractivity contribution in [3.63, 3.8) is 0 Å². The van der Waals surface area contributed by atoms with E-state index in [1.54, 1.807) is 6.20 Å². The maximum atomic E-state index is 6.12. The van der Waals surface area contributed by atoms with Crippen molar-refractivity contribution in [3.8, 4) is 0 Å². The van der Waals surface area contributed by atoms with Crippen LogP contribution in [0.1, 0.15) is 5.56 Å². The number of rotatable bonds is 4. The van der Waals surface area contributed by atoms with Crippen LogP contribution < -0.4 is 5.32 Å². The fourth-order valence-corrected chi connectivity index (χ4v) is 1.98. The second-order valence-electron chi connectivity index (χ2n) is 3.73. The fourth-order valence-electron chi connectivity index (χ4n) is 1.67. The quantitative estimate of drug-likeness (QED) is 0.912. The number of halogens is 2. The third-order valence-electron chi connectivity index (χ3n) is 2.43. The average Bonchev–Trinajstić information content (AvgIpc) is 2.32. The Bertz CT molecular complexity index is 552. The Hall–Kier alpha value is -1.09. The van der Waals surface area contributed by atoms with Gasteiger partial charge in [0, 0.05) is 34.7 Å². The largest absolute Gasteiger partial charge is 0.308 e. The van der Waals surface area contributed by atoms with Gasteiger partial charge >= 0.3 is 0 Å². The third-order valence-corrected chi connectivity index (χ3v) is 2.90. The zero-order valence-corrected chi connectivity index (χ0v) is 10.7. The number of pyridine rings is 1. The molecule has 2 nitrogen and oxygen atoms in total. The summed E-state index contributed by atoms with van der Waals surface area (Å²) in [4.78, 5) is 4.36. The van der Waals surface area contributed by atoms with E-state index in [2.05, 4.69) is 16.9 Å². The molecule has 0 saturated carbocycles. The van der Waals surface area contributed by atoms with E-state index >= 15 is 0 Å². The molecule has 0 atom stereocenters. The molecular formula is C13H12Cl2N2. The maximum absolute atomic E-state index is 6.12. The lowest BCUT2D eigenvalue weighted by atomic mass is 10.1. The van der Waals surface area contributed by atoms with Crippen LogP contribution in [0.2, 0.25) is 5.02 Å². The first-order chi connectivity index (χ1) is 8.18. The highest BCUT2D eigenvalue weighted by Gasteiger charge is 2.05. The van der Waals surface area contributed by atoms with Gasteiger partial charge in [0.05, 0.1) is 5.52 Å². The van der Waals surface area contributed by atoms with Gasteiger partial charge in [-0.3, -0.25) is 4.98 Å². The molecule has 17 heavy (non-hydrogen) atoms. The number of nitrogens with one attached hydrogen (secondary N) is 1. The van der Waals surface area contributed by atoms with E-state index in [0.717, 1.165) is 21.5 Å². The molecule has 2 aromatic rings. The van der Waals surface area contributed by atoms with Gasteiger partial charge in [-0.25, -0.2) is 0 Å². The molecule has 0 aliphatic rings. The summed E-state index contributed by atoms with van der Waals surface area (Å²) in [6.07, 6.45) is 1.77. The zero-order valence-electron chi connectivity index (χ0n) is 9.21. The van der Waals surface area contributed by atoms with E-state index < -0.39 is 0 Å². The van der Waals surface area contributed by atoms with Gasteiger partial charge in [-0.2, -0.15) is 0 Å². The van der Waals surface area contributed by atoms with Gasteiger partial charge in [0.2, 0.25) is 0 Å². The Morgan fingerprint density at radius 1 is 1.35 bits per heavy atom. The minimum Gasteiger partial charge on any atom is -0.308 e. The van der Waals surface area contributed by atoms with Crippen LogP contribution >= 0.6 is 23.2 Å². The van der Waals surface area contributed by atoms with E-state index in [9.17, 15) is 0 Å². The monoisotopic (exact) mass is 266 g/mol. The van der Waals surface area contributed by atoms with E-state index in [4.69, 9.17) is 23.2 Å². The third kappa shape index (κ3) is 2.97. The summed E-state index contributed by atoms with van der Waals surface area (Å²) in [6.45, 7) is 4.90. The molecule has 0 aliphatic heterocycles. The summed E-state index contributed by atoms with van der Waals surface area (Å²) in [7, 11) is 0. The molecule has 1 heterocycles. The number of hydrogen-bond acceptors (Lipinski definition) is 2. The van der Waals surface area contributed by atoms with Crippen LogP contribution in [0.5, 0.6) is 0 Å². The number of nitrogens with zero attached hydrogens (tertiary/aromatic N) is 1. The van der Waals surface area contributed by atoms with Gasteiger partial charge in [-0.15, -0.1) is 0 Å². The van der Waals surface area contributed by atoms with Crippen LogP contribution in [0.4, 0.5) is 0 Å². The maximum Gasteiger partial charge on any atom is 0.0761 e. The van der Waals surface area contributed by atoms with Crippen molar-refractivity contribution in [2.45, 2.75) is 6.54 Å². The van der Waals surface area contributed by atoms with Crippen molar-refractivity contribution in [3.05, 3.63) is 52.7 Å². The summed E-state index contributed by atoms with van der Waals surface area (Å²) in [5, 5.41) is 5.48. The standard InChI is InChI=1S/C13H12Cl2N2/c1-9(14)7-16-8-10-4-5-12(15)11-3-2-6-17-13(10)11/h2-6,16H,1,7-8H2. The summed E-state index contributed by atoms with van der Waals surface area (Å²) in [5.41, 5.74) is 2.02. The average molecular weight is 267 g/mol. The topological polar surface area (TPSA) is 24.9 Å². The first-order valence-electron chi connectivity index (χ1n) is 5.24. The summed E-state index contributed by atoms with van der Waals surface area (Å²) in [5.74, 6) is 0. The highest BCUT2D eigenvalue weighted by Crippen LogP contribution is 2.24. The number of fused-ring (bicyclic) bond motifs is 1. The molecule has 0 spiro atoms. The number of hydrogen-bond donors (Lipinski definition) is 1. The molecular weight excluding hydrogens is 255 g/mol. The molecule has 4 heteroatoms. The molecule has 0 bridgehead atoms. The summed E-state index contributed by atoms with van der Waals surface area (Å²) < 4.78 is 0. The molecule has 0 aliphatic carbocycles. The smallest absolute Gasteiger partial charge is 0.0761 e. The number of benzene rings is 1. The van der Waals surface area contributed by atoms with Gasteiger partial charge in [-0.1, -0.05) is 35.8 Å². The first kappa shape index (κ1) is 12.4.